The molecule has 0 heterocycles. The van der Waals surface area contributed by atoms with Crippen LogP contribution in [-0.2, 0) is 14.8 Å². The van der Waals surface area contributed by atoms with Crippen LogP contribution in [0.2, 0.25) is 0 Å². The molecule has 1 aliphatic carbocycles. The van der Waals surface area contributed by atoms with Crippen molar-refractivity contribution in [2.75, 3.05) is 19.3 Å². The number of nitrogens with zero attached hydrogens (tertiary/aromatic N) is 1. The van der Waals surface area contributed by atoms with E-state index in [0.29, 0.717) is 19.5 Å². The van der Waals surface area contributed by atoms with E-state index in [1.54, 1.807) is 4.31 Å². The van der Waals surface area contributed by atoms with Crippen molar-refractivity contribution < 1.29 is 13.2 Å². The van der Waals surface area contributed by atoms with Crippen molar-refractivity contribution in [3.8, 4) is 0 Å². The summed E-state index contributed by atoms with van der Waals surface area (Å²) in [6, 6.07) is 0.117. The fourth-order valence-corrected chi connectivity index (χ4v) is 3.89. The molecule has 1 aliphatic rings. The monoisotopic (exact) mass is 304 g/mol. The molecule has 0 bridgehead atoms. The minimum atomic E-state index is -3.20. The van der Waals surface area contributed by atoms with Crippen molar-refractivity contribution in [3.63, 3.8) is 0 Å². The van der Waals surface area contributed by atoms with Crippen molar-refractivity contribution in [1.82, 2.24) is 9.62 Å². The number of carbonyl (C=O) groups excluding carboxylic acids is 1. The Morgan fingerprint density at radius 3 is 2.45 bits per heavy atom. The van der Waals surface area contributed by atoms with Gasteiger partial charge in [-0.2, -0.15) is 4.31 Å². The highest BCUT2D eigenvalue weighted by Gasteiger charge is 2.27. The molecular weight excluding hydrogens is 276 g/mol. The van der Waals surface area contributed by atoms with Crippen molar-refractivity contribution in [3.05, 3.63) is 0 Å². The fourth-order valence-electron chi connectivity index (χ4n) is 2.72. The molecule has 1 fully saturated rings. The van der Waals surface area contributed by atoms with E-state index < -0.39 is 10.0 Å². The van der Waals surface area contributed by atoms with Crippen LogP contribution >= 0.6 is 0 Å². The largest absolute Gasteiger partial charge is 0.355 e. The second-order valence-electron chi connectivity index (χ2n) is 5.62. The summed E-state index contributed by atoms with van der Waals surface area (Å²) in [6.07, 6.45) is 8.93. The van der Waals surface area contributed by atoms with Gasteiger partial charge in [0.05, 0.1) is 6.26 Å². The van der Waals surface area contributed by atoms with Gasteiger partial charge in [-0.25, -0.2) is 8.42 Å². The summed E-state index contributed by atoms with van der Waals surface area (Å²) >= 11 is 0. The van der Waals surface area contributed by atoms with Crippen LogP contribution in [0.4, 0.5) is 0 Å². The Kier molecular flexibility index (Phi) is 7.51. The molecule has 5 nitrogen and oxygen atoms in total. The summed E-state index contributed by atoms with van der Waals surface area (Å²) in [4.78, 5) is 11.5. The van der Waals surface area contributed by atoms with Gasteiger partial charge in [-0.3, -0.25) is 4.79 Å². The lowest BCUT2D eigenvalue weighted by molar-refractivity contribution is -0.121. The van der Waals surface area contributed by atoms with Crippen LogP contribution in [0.15, 0.2) is 0 Å². The zero-order chi connectivity index (χ0) is 15.0. The maximum atomic E-state index is 11.9. The van der Waals surface area contributed by atoms with E-state index in [1.165, 1.54) is 12.7 Å². The van der Waals surface area contributed by atoms with Crippen LogP contribution < -0.4 is 5.32 Å². The summed E-state index contributed by atoms with van der Waals surface area (Å²) in [7, 11) is -3.20. The first-order valence-corrected chi connectivity index (χ1v) is 9.53. The van der Waals surface area contributed by atoms with E-state index in [2.05, 4.69) is 5.32 Å². The van der Waals surface area contributed by atoms with Crippen LogP contribution in [0.25, 0.3) is 0 Å². The summed E-state index contributed by atoms with van der Waals surface area (Å²) in [5.74, 6) is 0.0175. The summed E-state index contributed by atoms with van der Waals surface area (Å²) in [5.41, 5.74) is 0. The second kappa shape index (κ2) is 8.62. The highest BCUT2D eigenvalue weighted by atomic mass is 32.2. The van der Waals surface area contributed by atoms with Gasteiger partial charge in [0.15, 0.2) is 0 Å². The van der Waals surface area contributed by atoms with E-state index in [-0.39, 0.29) is 11.9 Å². The zero-order valence-electron chi connectivity index (χ0n) is 12.7. The fraction of sp³-hybridized carbons (Fsp3) is 0.929. The van der Waals surface area contributed by atoms with Gasteiger partial charge < -0.3 is 5.32 Å². The molecule has 6 heteroatoms. The highest BCUT2D eigenvalue weighted by Crippen LogP contribution is 2.23. The summed E-state index contributed by atoms with van der Waals surface area (Å²) < 4.78 is 25.4. The average Bonchev–Trinajstić information content (AvgIpc) is 2.41. The third kappa shape index (κ3) is 6.22. The average molecular weight is 304 g/mol. The van der Waals surface area contributed by atoms with Crippen LogP contribution in [0.5, 0.6) is 0 Å². The third-order valence-electron chi connectivity index (χ3n) is 3.82. The van der Waals surface area contributed by atoms with E-state index in [0.717, 1.165) is 38.5 Å². The molecule has 0 radical (unpaired) electrons. The van der Waals surface area contributed by atoms with Crippen molar-refractivity contribution in [1.29, 1.82) is 0 Å². The van der Waals surface area contributed by atoms with Gasteiger partial charge in [-0.15, -0.1) is 0 Å². The maximum absolute atomic E-state index is 11.9. The molecule has 0 aliphatic heterocycles. The number of unbranched alkanes of at least 4 members (excludes halogenated alkanes) is 1. The Balaban J connectivity index is 2.43. The predicted octanol–water partition coefficient (Wildman–Crippen LogP) is 1.89. The van der Waals surface area contributed by atoms with E-state index in [4.69, 9.17) is 0 Å². The Labute approximate surface area is 123 Å². The smallest absolute Gasteiger partial charge is 0.220 e. The summed E-state index contributed by atoms with van der Waals surface area (Å²) in [5, 5.41) is 2.81. The number of rotatable bonds is 8. The normalized spacial score (nSPS) is 17.4. The second-order valence-corrected chi connectivity index (χ2v) is 7.55. The van der Waals surface area contributed by atoms with Crippen LogP contribution in [0, 0.1) is 0 Å². The molecule has 1 rings (SSSR count). The lowest BCUT2D eigenvalue weighted by atomic mass is 9.95. The van der Waals surface area contributed by atoms with Gasteiger partial charge in [-0.1, -0.05) is 32.6 Å². The van der Waals surface area contributed by atoms with Crippen LogP contribution in [0.1, 0.15) is 58.3 Å². The molecule has 1 saturated carbocycles. The van der Waals surface area contributed by atoms with Gasteiger partial charge in [0, 0.05) is 25.6 Å². The molecule has 0 spiro atoms. The molecule has 0 aromatic rings. The van der Waals surface area contributed by atoms with Crippen LogP contribution in [0.3, 0.4) is 0 Å². The predicted molar refractivity (Wildman–Crippen MR) is 81.0 cm³/mol. The molecule has 118 valence electrons. The Hall–Kier alpha value is -0.620. The quantitative estimate of drug-likeness (QED) is 0.744. The van der Waals surface area contributed by atoms with Crippen molar-refractivity contribution in [2.24, 2.45) is 0 Å². The molecule has 20 heavy (non-hydrogen) atoms. The van der Waals surface area contributed by atoms with E-state index >= 15 is 0 Å². The molecule has 1 amide bonds. The number of hydrogen-bond donors (Lipinski definition) is 1. The number of amides is 1. The third-order valence-corrected chi connectivity index (χ3v) is 5.15. The summed E-state index contributed by atoms with van der Waals surface area (Å²) in [6.45, 7) is 2.84. The van der Waals surface area contributed by atoms with Gasteiger partial charge in [-0.05, 0) is 19.3 Å². The zero-order valence-corrected chi connectivity index (χ0v) is 13.5. The van der Waals surface area contributed by atoms with Crippen molar-refractivity contribution in [2.45, 2.75) is 64.3 Å². The standard InChI is InChI=1S/C14H28N2O3S/c1-3-4-10-14(17)15-11-12-16(20(2,18)19)13-8-6-5-7-9-13/h13H,3-12H2,1-2H3,(H,15,17). The van der Waals surface area contributed by atoms with E-state index in [1.807, 2.05) is 6.92 Å². The minimum Gasteiger partial charge on any atom is -0.355 e. The molecule has 0 unspecified atom stereocenters. The van der Waals surface area contributed by atoms with Gasteiger partial charge in [0.2, 0.25) is 15.9 Å². The first-order valence-electron chi connectivity index (χ1n) is 7.68. The Bertz CT molecular complexity index is 389. The van der Waals surface area contributed by atoms with E-state index in [9.17, 15) is 13.2 Å². The van der Waals surface area contributed by atoms with Gasteiger partial charge in [0.25, 0.3) is 0 Å². The first-order chi connectivity index (χ1) is 9.45. The number of carbonyl (C=O) groups is 1. The number of sulfonamides is 1. The number of hydrogen-bond acceptors (Lipinski definition) is 3. The van der Waals surface area contributed by atoms with Crippen LogP contribution in [-0.4, -0.2) is 44.0 Å². The van der Waals surface area contributed by atoms with Gasteiger partial charge >= 0.3 is 0 Å². The minimum absolute atomic E-state index is 0.0175. The SMILES string of the molecule is CCCCC(=O)NCCN(C1CCCCC1)S(C)(=O)=O. The Morgan fingerprint density at radius 2 is 1.90 bits per heavy atom. The molecule has 0 aromatic heterocycles. The topological polar surface area (TPSA) is 66.5 Å². The van der Waals surface area contributed by atoms with Gasteiger partial charge in [0.1, 0.15) is 0 Å². The van der Waals surface area contributed by atoms with Crippen molar-refractivity contribution >= 4 is 15.9 Å². The molecule has 0 atom stereocenters. The first kappa shape index (κ1) is 17.4. The number of nitrogens with one attached hydrogen (secondary N) is 1. The lowest BCUT2D eigenvalue weighted by Gasteiger charge is -2.32. The lowest BCUT2D eigenvalue weighted by Crippen LogP contribution is -2.44. The molecule has 0 saturated heterocycles. The maximum Gasteiger partial charge on any atom is 0.220 e. The highest BCUT2D eigenvalue weighted by molar-refractivity contribution is 7.88. The molecular formula is C14H28N2O3S. The Morgan fingerprint density at radius 1 is 1.25 bits per heavy atom. The molecule has 1 N–H and O–H groups in total. The molecule has 0 aromatic carbocycles.